The molecule has 1 aliphatic heterocycles. The lowest BCUT2D eigenvalue weighted by atomic mass is 9.86. The lowest BCUT2D eigenvalue weighted by Crippen LogP contribution is -2.69. The first-order valence-electron chi connectivity index (χ1n) is 7.82. The van der Waals surface area contributed by atoms with Gasteiger partial charge in [-0.25, -0.2) is 4.79 Å². The SMILES string of the molecule is CCC(C)N1C(=O)N(c2ccc(Cl)c(Cl)c2)C(C)(O)CC1(C)C. The number of carbonyl (C=O) groups excluding carboxylic acids is 1. The van der Waals surface area contributed by atoms with E-state index in [1.54, 1.807) is 25.1 Å². The first kappa shape index (κ1) is 18.4. The molecule has 4 nitrogen and oxygen atoms in total. The highest BCUT2D eigenvalue weighted by Crippen LogP contribution is 2.41. The normalized spacial score (nSPS) is 25.7. The van der Waals surface area contributed by atoms with Crippen molar-refractivity contribution in [2.75, 3.05) is 4.90 Å². The van der Waals surface area contributed by atoms with E-state index in [0.717, 1.165) is 6.42 Å². The Morgan fingerprint density at radius 3 is 2.39 bits per heavy atom. The van der Waals surface area contributed by atoms with Gasteiger partial charge in [-0.3, -0.25) is 4.90 Å². The summed E-state index contributed by atoms with van der Waals surface area (Å²) in [7, 11) is 0. The number of aliphatic hydroxyl groups is 1. The van der Waals surface area contributed by atoms with Gasteiger partial charge in [0.15, 0.2) is 0 Å². The van der Waals surface area contributed by atoms with Crippen molar-refractivity contribution < 1.29 is 9.90 Å². The molecule has 1 N–H and O–H groups in total. The first-order valence-corrected chi connectivity index (χ1v) is 8.58. The van der Waals surface area contributed by atoms with Gasteiger partial charge in [0.1, 0.15) is 5.72 Å². The number of hydrogen-bond donors (Lipinski definition) is 1. The third kappa shape index (κ3) is 3.30. The Morgan fingerprint density at radius 2 is 1.87 bits per heavy atom. The van der Waals surface area contributed by atoms with Gasteiger partial charge < -0.3 is 10.0 Å². The number of hydrogen-bond acceptors (Lipinski definition) is 2. The number of urea groups is 1. The molecule has 0 aromatic heterocycles. The molecule has 0 saturated carbocycles. The summed E-state index contributed by atoms with van der Waals surface area (Å²) < 4.78 is 0. The molecular weight excluding hydrogens is 335 g/mol. The second-order valence-electron chi connectivity index (χ2n) is 7.05. The highest BCUT2D eigenvalue weighted by atomic mass is 35.5. The van der Waals surface area contributed by atoms with Crippen LogP contribution >= 0.6 is 23.2 Å². The van der Waals surface area contributed by atoms with Crippen LogP contribution in [0.3, 0.4) is 0 Å². The molecule has 23 heavy (non-hydrogen) atoms. The van der Waals surface area contributed by atoms with Crippen LogP contribution in [0.25, 0.3) is 0 Å². The van der Waals surface area contributed by atoms with Gasteiger partial charge in [0, 0.05) is 23.7 Å². The summed E-state index contributed by atoms with van der Waals surface area (Å²) in [5.74, 6) is 0. The van der Waals surface area contributed by atoms with E-state index < -0.39 is 11.3 Å². The quantitative estimate of drug-likeness (QED) is 0.833. The minimum atomic E-state index is -1.30. The van der Waals surface area contributed by atoms with Crippen molar-refractivity contribution >= 4 is 34.9 Å². The summed E-state index contributed by atoms with van der Waals surface area (Å²) in [5.41, 5.74) is -1.21. The number of amides is 2. The maximum absolute atomic E-state index is 13.2. The van der Waals surface area contributed by atoms with Gasteiger partial charge in [-0.05, 0) is 52.3 Å². The van der Waals surface area contributed by atoms with Crippen molar-refractivity contribution in [3.8, 4) is 0 Å². The third-order valence-electron chi connectivity index (χ3n) is 4.49. The van der Waals surface area contributed by atoms with E-state index >= 15 is 0 Å². The number of benzene rings is 1. The Morgan fingerprint density at radius 1 is 1.26 bits per heavy atom. The molecule has 2 amide bonds. The molecule has 0 aliphatic carbocycles. The standard InChI is InChI=1S/C17H24Cl2N2O2/c1-6-11(2)20-15(22)21(17(5,23)10-16(20,3)4)12-7-8-13(18)14(19)9-12/h7-9,11,23H,6,10H2,1-5H3. The van der Waals surface area contributed by atoms with Crippen molar-refractivity contribution in [3.63, 3.8) is 0 Å². The van der Waals surface area contributed by atoms with E-state index in [2.05, 4.69) is 0 Å². The summed E-state index contributed by atoms with van der Waals surface area (Å²) in [6.07, 6.45) is 1.27. The molecule has 128 valence electrons. The van der Waals surface area contributed by atoms with E-state index in [4.69, 9.17) is 23.2 Å². The largest absolute Gasteiger partial charge is 0.371 e. The number of halogens is 2. The summed E-state index contributed by atoms with van der Waals surface area (Å²) in [4.78, 5) is 16.4. The van der Waals surface area contributed by atoms with E-state index in [1.165, 1.54) is 4.90 Å². The Labute approximate surface area is 148 Å². The van der Waals surface area contributed by atoms with E-state index in [9.17, 15) is 9.90 Å². The summed E-state index contributed by atoms with van der Waals surface area (Å²) in [6, 6.07) is 4.80. The third-order valence-corrected chi connectivity index (χ3v) is 5.23. The van der Waals surface area contributed by atoms with Crippen LogP contribution in [0.5, 0.6) is 0 Å². The Balaban J connectivity index is 2.52. The second-order valence-corrected chi connectivity index (χ2v) is 7.86. The zero-order chi connectivity index (χ0) is 17.6. The zero-order valence-corrected chi connectivity index (χ0v) is 15.7. The van der Waals surface area contributed by atoms with Gasteiger partial charge in [-0.1, -0.05) is 30.1 Å². The summed E-state index contributed by atoms with van der Waals surface area (Å²) in [6.45, 7) is 9.69. The van der Waals surface area contributed by atoms with Crippen LogP contribution in [0, 0.1) is 0 Å². The molecule has 2 unspecified atom stereocenters. The topological polar surface area (TPSA) is 43.8 Å². The van der Waals surface area contributed by atoms with Crippen molar-refractivity contribution in [2.24, 2.45) is 0 Å². The zero-order valence-electron chi connectivity index (χ0n) is 14.2. The molecule has 1 aromatic rings. The van der Waals surface area contributed by atoms with Crippen LogP contribution in [0.15, 0.2) is 18.2 Å². The highest BCUT2D eigenvalue weighted by Gasteiger charge is 2.51. The van der Waals surface area contributed by atoms with E-state index in [0.29, 0.717) is 22.2 Å². The lowest BCUT2D eigenvalue weighted by molar-refractivity contribution is -0.0358. The van der Waals surface area contributed by atoms with Crippen LogP contribution in [-0.4, -0.2) is 33.3 Å². The number of rotatable bonds is 3. The predicted molar refractivity (Wildman–Crippen MR) is 95.2 cm³/mol. The molecule has 6 heteroatoms. The van der Waals surface area contributed by atoms with Crippen LogP contribution in [0.2, 0.25) is 10.0 Å². The molecule has 1 aliphatic rings. The van der Waals surface area contributed by atoms with Crippen molar-refractivity contribution in [3.05, 3.63) is 28.2 Å². The Kier molecular flexibility index (Phi) is 4.91. The average Bonchev–Trinajstić information content (AvgIpc) is 2.39. The molecule has 2 rings (SSSR count). The number of carbonyl (C=O) groups is 1. The van der Waals surface area contributed by atoms with Gasteiger partial charge in [0.05, 0.1) is 10.0 Å². The van der Waals surface area contributed by atoms with Gasteiger partial charge in [-0.15, -0.1) is 0 Å². The monoisotopic (exact) mass is 358 g/mol. The fraction of sp³-hybridized carbons (Fsp3) is 0.588. The minimum absolute atomic E-state index is 0.0684. The summed E-state index contributed by atoms with van der Waals surface area (Å²) in [5, 5.41) is 11.7. The van der Waals surface area contributed by atoms with Crippen LogP contribution in [0.1, 0.15) is 47.5 Å². The molecule has 0 bridgehead atoms. The van der Waals surface area contributed by atoms with Gasteiger partial charge in [-0.2, -0.15) is 0 Å². The van der Waals surface area contributed by atoms with Crippen molar-refractivity contribution in [1.29, 1.82) is 0 Å². The maximum atomic E-state index is 13.2. The fourth-order valence-corrected chi connectivity index (χ4v) is 3.83. The summed E-state index contributed by atoms with van der Waals surface area (Å²) >= 11 is 12.1. The molecule has 0 spiro atoms. The first-order chi connectivity index (χ1) is 10.5. The Hall–Kier alpha value is -0.970. The Bertz CT molecular complexity index is 617. The smallest absolute Gasteiger partial charge is 0.327 e. The molecule has 2 atom stereocenters. The predicted octanol–water partition coefficient (Wildman–Crippen LogP) is 4.91. The van der Waals surface area contributed by atoms with Crippen molar-refractivity contribution in [1.82, 2.24) is 4.90 Å². The van der Waals surface area contributed by atoms with Crippen LogP contribution < -0.4 is 4.90 Å². The highest BCUT2D eigenvalue weighted by molar-refractivity contribution is 6.42. The van der Waals surface area contributed by atoms with Crippen molar-refractivity contribution in [2.45, 2.75) is 64.8 Å². The number of anilines is 1. The van der Waals surface area contributed by atoms with Crippen LogP contribution in [-0.2, 0) is 0 Å². The minimum Gasteiger partial charge on any atom is -0.371 e. The lowest BCUT2D eigenvalue weighted by Gasteiger charge is -2.55. The van der Waals surface area contributed by atoms with Gasteiger partial charge in [0.2, 0.25) is 0 Å². The van der Waals surface area contributed by atoms with E-state index in [-0.39, 0.29) is 12.1 Å². The average molecular weight is 359 g/mol. The second kappa shape index (κ2) is 6.15. The molecule has 1 saturated heterocycles. The maximum Gasteiger partial charge on any atom is 0.327 e. The van der Waals surface area contributed by atoms with E-state index in [1.807, 2.05) is 32.6 Å². The molecule has 1 heterocycles. The fourth-order valence-electron chi connectivity index (χ4n) is 3.54. The van der Waals surface area contributed by atoms with Crippen LogP contribution in [0.4, 0.5) is 10.5 Å². The molecule has 1 fully saturated rings. The molecule has 1 aromatic carbocycles. The van der Waals surface area contributed by atoms with Gasteiger partial charge in [0.25, 0.3) is 0 Å². The molecular formula is C17H24Cl2N2O2. The number of nitrogens with zero attached hydrogens (tertiary/aromatic N) is 2. The molecule has 0 radical (unpaired) electrons. The van der Waals surface area contributed by atoms with Gasteiger partial charge >= 0.3 is 6.03 Å².